The molecular formula is C72H98B2Fe2P4S2+4. The van der Waals surface area contributed by atoms with E-state index in [1.54, 1.807) is 43.1 Å². The smallest absolute Gasteiger partial charge is 0.780 e. The molecule has 82 heavy (non-hydrogen) atoms. The molecule has 0 aliphatic heterocycles. The number of hydrogen-bond acceptors (Lipinski definition) is 2. The average Bonchev–Trinajstić information content (AvgIpc) is 3.60. The monoisotopic (exact) mass is 1280 g/mol. The maximum absolute atomic E-state index is 4.81. The van der Waals surface area contributed by atoms with Crippen LogP contribution in [-0.2, 0) is 59.4 Å². The van der Waals surface area contributed by atoms with Gasteiger partial charge in [-0.25, -0.2) is 10.9 Å². The van der Waals surface area contributed by atoms with Crippen LogP contribution < -0.4 is 54.0 Å². The van der Waals surface area contributed by atoms with Crippen LogP contribution in [0, 0.1) is 0 Å². The second kappa shape index (κ2) is 37.6. The molecule has 8 aromatic carbocycles. The fourth-order valence-electron chi connectivity index (χ4n) is 13.2. The van der Waals surface area contributed by atoms with Gasteiger partial charge in [0.25, 0.3) is 0 Å². The molecule has 0 atom stereocenters. The Morgan fingerprint density at radius 2 is 0.390 bits per heavy atom. The van der Waals surface area contributed by atoms with E-state index in [0.717, 1.165) is 9.79 Å². The Balaban J connectivity index is 0.000000339. The van der Waals surface area contributed by atoms with E-state index in [2.05, 4.69) is 269 Å². The predicted octanol–water partition coefficient (Wildman–Crippen LogP) is 13.7. The van der Waals surface area contributed by atoms with Crippen LogP contribution in [0.5, 0.6) is 0 Å². The Morgan fingerprint density at radius 1 is 0.232 bits per heavy atom. The van der Waals surface area contributed by atoms with E-state index in [1.165, 1.54) is 10.9 Å². The molecule has 0 spiro atoms. The van der Waals surface area contributed by atoms with Crippen LogP contribution in [-0.4, -0.2) is 58.7 Å². The Bertz CT molecular complexity index is 2640. The minimum atomic E-state index is -0.854. The molecule has 0 fully saturated rings. The van der Waals surface area contributed by atoms with Gasteiger partial charge in [0.2, 0.25) is 0 Å². The van der Waals surface area contributed by atoms with Crippen LogP contribution in [0.15, 0.2) is 228 Å². The fraction of sp³-hybridized carbons (Fsp3) is 0.333. The van der Waals surface area contributed by atoms with Crippen LogP contribution in [0.3, 0.4) is 0 Å². The van der Waals surface area contributed by atoms with Crippen molar-refractivity contribution in [2.75, 3.05) is 0 Å². The van der Waals surface area contributed by atoms with Gasteiger partial charge in [-0.15, -0.1) is 0 Å². The molecule has 0 nitrogen and oxygen atoms in total. The molecule has 0 unspecified atom stereocenters. The van der Waals surface area contributed by atoms with Gasteiger partial charge in [-0.1, -0.05) is 194 Å². The zero-order valence-corrected chi connectivity index (χ0v) is 60.2. The molecule has 0 bridgehead atoms. The van der Waals surface area contributed by atoms with Crippen molar-refractivity contribution in [3.63, 3.8) is 0 Å². The zero-order chi connectivity index (χ0) is 58.5. The van der Waals surface area contributed by atoms with Gasteiger partial charge in [0, 0.05) is 31.7 Å². The Labute approximate surface area is 538 Å². The van der Waals surface area contributed by atoms with Crippen molar-refractivity contribution in [2.24, 2.45) is 0 Å². The number of hydrogen-bond donors (Lipinski definition) is 0. The van der Waals surface area contributed by atoms with E-state index in [0.29, 0.717) is 45.3 Å². The first-order valence-corrected chi connectivity index (χ1v) is 37.5. The molecule has 0 saturated heterocycles. The molecule has 0 aliphatic carbocycles. The van der Waals surface area contributed by atoms with E-state index in [4.69, 9.17) is 25.3 Å². The second-order valence-electron chi connectivity index (χ2n) is 24.3. The number of rotatable bonds is 18. The quantitative estimate of drug-likeness (QED) is 0.0477. The van der Waals surface area contributed by atoms with Gasteiger partial charge in [-0.3, -0.25) is 0 Å². The fourth-order valence-corrected chi connectivity index (χ4v) is 27.5. The summed E-state index contributed by atoms with van der Waals surface area (Å²) in [4.78, 5) is 1.81. The molecule has 8 aromatic rings. The second-order valence-corrected chi connectivity index (χ2v) is 40.3. The molecular weight excluding hydrogens is 1190 g/mol. The molecule has 0 heterocycles. The summed E-state index contributed by atoms with van der Waals surface area (Å²) in [6.07, 6.45) is 0. The van der Waals surface area contributed by atoms with E-state index >= 15 is 0 Å². The first-order valence-electron chi connectivity index (χ1n) is 30.0. The van der Waals surface area contributed by atoms with E-state index in [-0.39, 0.29) is 34.1 Å². The Morgan fingerprint density at radius 3 is 0.549 bits per heavy atom. The molecule has 0 aliphatic rings. The summed E-state index contributed by atoms with van der Waals surface area (Å²) in [5, 5.41) is 6.64. The van der Waals surface area contributed by atoms with E-state index in [1.807, 2.05) is 60.7 Å². The van der Waals surface area contributed by atoms with Crippen LogP contribution in [0.25, 0.3) is 0 Å². The molecule has 0 aromatic heterocycles. The van der Waals surface area contributed by atoms with Gasteiger partial charge in [0.1, 0.15) is 0 Å². The molecule has 0 N–H and O–H groups in total. The summed E-state index contributed by atoms with van der Waals surface area (Å²) < 4.78 is 0. The van der Waals surface area contributed by atoms with Crippen molar-refractivity contribution < 1.29 is 34.1 Å². The summed E-state index contributed by atoms with van der Waals surface area (Å²) in [6.45, 7) is 37.3. The molecule has 10 heteroatoms. The Hall–Kier alpha value is -2.91. The van der Waals surface area contributed by atoms with Gasteiger partial charge in [0.15, 0.2) is 0 Å². The molecule has 0 amide bonds. The summed E-state index contributed by atoms with van der Waals surface area (Å²) in [7, 11) is -2.72. The predicted molar refractivity (Wildman–Crippen MR) is 388 cm³/mol. The third-order valence-electron chi connectivity index (χ3n) is 15.8. The van der Waals surface area contributed by atoms with Crippen molar-refractivity contribution in [1.82, 2.24) is 0 Å². The molecule has 0 radical (unpaired) electrons. The van der Waals surface area contributed by atoms with Crippen molar-refractivity contribution in [2.45, 2.75) is 166 Å². The van der Waals surface area contributed by atoms with Crippen molar-refractivity contribution in [3.8, 4) is 0 Å². The maximum Gasteiger partial charge on any atom is 2.00 e. The van der Waals surface area contributed by atoms with Crippen LogP contribution in [0.4, 0.5) is 0 Å². The van der Waals surface area contributed by atoms with Crippen LogP contribution in [0.2, 0.25) is 0 Å². The van der Waals surface area contributed by atoms with Gasteiger partial charge in [0.05, 0.1) is 79.9 Å². The topological polar surface area (TPSA) is 0 Å². The largest absolute Gasteiger partial charge is 2.00 e. The average molecular weight is 1280 g/mol. The summed E-state index contributed by atoms with van der Waals surface area (Å²) >= 11 is 9.62. The normalized spacial score (nSPS) is 11.4. The van der Waals surface area contributed by atoms with Crippen LogP contribution >= 0.6 is 31.7 Å². The first kappa shape index (κ1) is 73.3. The minimum Gasteiger partial charge on any atom is -0.780 e. The summed E-state index contributed by atoms with van der Waals surface area (Å²) in [5.41, 5.74) is 15.2. The molecule has 8 rings (SSSR count). The maximum atomic E-state index is 4.81. The van der Waals surface area contributed by atoms with Crippen molar-refractivity contribution in [1.29, 1.82) is 0 Å². The zero-order valence-electron chi connectivity index (χ0n) is 52.3. The molecule has 436 valence electrons. The third-order valence-corrected chi connectivity index (χ3v) is 30.7. The van der Waals surface area contributed by atoms with Gasteiger partial charge < -0.3 is 25.3 Å². The molecule has 0 saturated carbocycles. The van der Waals surface area contributed by atoms with Gasteiger partial charge in [-0.05, 0) is 135 Å². The van der Waals surface area contributed by atoms with Gasteiger partial charge in [-0.2, -0.15) is 31.6 Å². The SMILES string of the molecule is CC(C)[PH+](c1ccccc1[BH-](c1ccccc1)c1ccccc1[PH+](C(C)C)C(C)C)C(C)C.CC(C)[PH+](c1ccccc1[BH-](c1ccccc1)c1ccccc1[PH+](C(C)C)C(C)C)C(C)C.[Fe+2].[Fe+2].[S-]c1ccccc1.[S-]c1ccccc1. The standard InChI is InChI=1S/2C30H42BP2.2C6H6S.2Fe/c2*1-22(2)32(23(3)4)29-20-14-12-18-27(29)31(26-16-10-9-11-17-26)28-19-13-15-21-30(28)33(24(5)6)25(7)8;2*7-6-4-2-1-3-5-6;;/h2*9-25,31H,1-8H3;2*1-5,7H;;/q2*-1;;;2*+2/p+2. The van der Waals surface area contributed by atoms with Crippen LogP contribution in [0.1, 0.15) is 111 Å². The van der Waals surface area contributed by atoms with E-state index in [9.17, 15) is 0 Å². The van der Waals surface area contributed by atoms with Crippen molar-refractivity contribution >= 4 is 124 Å². The van der Waals surface area contributed by atoms with Crippen molar-refractivity contribution in [3.05, 3.63) is 218 Å². The van der Waals surface area contributed by atoms with E-state index < -0.39 is 45.1 Å². The third kappa shape index (κ3) is 21.2. The summed E-state index contributed by atoms with van der Waals surface area (Å²) in [5.74, 6) is 0. The Kier molecular flexibility index (Phi) is 33.6. The summed E-state index contributed by atoms with van der Waals surface area (Å²) in [6, 6.07) is 79.9. The minimum absolute atomic E-state index is 0. The number of benzene rings is 8. The van der Waals surface area contributed by atoms with Gasteiger partial charge >= 0.3 is 34.1 Å². The first-order chi connectivity index (χ1) is 38.3.